The quantitative estimate of drug-likeness (QED) is 0.784. The molecule has 0 bridgehead atoms. The Morgan fingerprint density at radius 2 is 2.20 bits per heavy atom. The van der Waals surface area contributed by atoms with E-state index in [0.717, 1.165) is 4.90 Å². The molecule has 1 atom stereocenters. The van der Waals surface area contributed by atoms with Gasteiger partial charge in [0.05, 0.1) is 12.2 Å². The van der Waals surface area contributed by atoms with Gasteiger partial charge in [-0.1, -0.05) is 19.1 Å². The van der Waals surface area contributed by atoms with Crippen LogP contribution in [0.4, 0.5) is 0 Å². The van der Waals surface area contributed by atoms with Gasteiger partial charge in [-0.25, -0.2) is 4.79 Å². The minimum absolute atomic E-state index is 0.246. The lowest BCUT2D eigenvalue weighted by Gasteiger charge is -2.11. The molecule has 0 aliphatic carbocycles. The highest BCUT2D eigenvalue weighted by atomic mass is 32.2. The third-order valence-corrected chi connectivity index (χ3v) is 3.00. The zero-order chi connectivity index (χ0) is 11.3. The van der Waals surface area contributed by atoms with E-state index in [1.807, 2.05) is 19.1 Å². The molecule has 3 nitrogen and oxygen atoms in total. The Hall–Kier alpha value is -1.00. The predicted molar refractivity (Wildman–Crippen MR) is 60.6 cm³/mol. The highest BCUT2D eigenvalue weighted by Gasteiger charge is 2.12. The number of carboxylic acid groups (broad SMARTS) is 1. The van der Waals surface area contributed by atoms with Crippen molar-refractivity contribution in [2.75, 3.05) is 13.7 Å². The van der Waals surface area contributed by atoms with Gasteiger partial charge in [0, 0.05) is 17.3 Å². The van der Waals surface area contributed by atoms with Crippen LogP contribution < -0.4 is 0 Å². The van der Waals surface area contributed by atoms with E-state index in [1.54, 1.807) is 19.2 Å². The van der Waals surface area contributed by atoms with Crippen LogP contribution in [0.2, 0.25) is 0 Å². The minimum atomic E-state index is -0.886. The topological polar surface area (TPSA) is 46.5 Å². The molecule has 1 aromatic carbocycles. The third kappa shape index (κ3) is 3.57. The molecular formula is C11H14O3S. The number of carbonyl (C=O) groups is 1. The Labute approximate surface area is 93.4 Å². The summed E-state index contributed by atoms with van der Waals surface area (Å²) >= 11 is 1.52. The normalized spacial score (nSPS) is 12.4. The number of methoxy groups -OCH3 is 1. The summed E-state index contributed by atoms with van der Waals surface area (Å²) in [6.07, 6.45) is 0. The van der Waals surface area contributed by atoms with Crippen LogP contribution in [0.1, 0.15) is 17.3 Å². The average Bonchev–Trinajstić information content (AvgIpc) is 2.18. The van der Waals surface area contributed by atoms with E-state index in [2.05, 4.69) is 0 Å². The van der Waals surface area contributed by atoms with Crippen molar-refractivity contribution in [3.63, 3.8) is 0 Å². The molecule has 0 aliphatic rings. The Morgan fingerprint density at radius 1 is 1.53 bits per heavy atom. The van der Waals surface area contributed by atoms with Crippen molar-refractivity contribution in [1.29, 1.82) is 0 Å². The van der Waals surface area contributed by atoms with E-state index >= 15 is 0 Å². The summed E-state index contributed by atoms with van der Waals surface area (Å²) in [5.41, 5.74) is 0.352. The maximum atomic E-state index is 10.9. The van der Waals surface area contributed by atoms with Gasteiger partial charge in [0.25, 0.3) is 0 Å². The number of carboxylic acids is 1. The van der Waals surface area contributed by atoms with E-state index in [1.165, 1.54) is 11.8 Å². The summed E-state index contributed by atoms with van der Waals surface area (Å²) in [6.45, 7) is 2.62. The van der Waals surface area contributed by atoms with Crippen molar-refractivity contribution in [2.45, 2.75) is 17.1 Å². The number of thioether (sulfide) groups is 1. The molecule has 0 saturated carbocycles. The maximum absolute atomic E-state index is 10.9. The van der Waals surface area contributed by atoms with Gasteiger partial charge in [0.15, 0.2) is 0 Å². The van der Waals surface area contributed by atoms with Crippen LogP contribution in [0.5, 0.6) is 0 Å². The number of hydrogen-bond acceptors (Lipinski definition) is 3. The first-order valence-electron chi connectivity index (χ1n) is 4.63. The monoisotopic (exact) mass is 226 g/mol. The van der Waals surface area contributed by atoms with Crippen molar-refractivity contribution in [1.82, 2.24) is 0 Å². The van der Waals surface area contributed by atoms with Gasteiger partial charge in [-0.05, 0) is 12.1 Å². The second kappa shape index (κ2) is 5.78. The summed E-state index contributed by atoms with van der Waals surface area (Å²) in [5.74, 6) is -0.886. The van der Waals surface area contributed by atoms with E-state index < -0.39 is 5.97 Å². The summed E-state index contributed by atoms with van der Waals surface area (Å²) < 4.78 is 5.01. The van der Waals surface area contributed by atoms with Gasteiger partial charge in [-0.15, -0.1) is 11.8 Å². The van der Waals surface area contributed by atoms with Crippen LogP contribution in [0.25, 0.3) is 0 Å². The van der Waals surface area contributed by atoms with Crippen LogP contribution in [-0.2, 0) is 4.74 Å². The molecule has 1 rings (SSSR count). The molecule has 0 fully saturated rings. The molecule has 0 aliphatic heterocycles. The van der Waals surface area contributed by atoms with Crippen LogP contribution in [0.3, 0.4) is 0 Å². The van der Waals surface area contributed by atoms with Crippen molar-refractivity contribution in [3.05, 3.63) is 29.8 Å². The van der Waals surface area contributed by atoms with E-state index in [0.29, 0.717) is 12.2 Å². The SMILES string of the molecule is COCC(C)Sc1ccccc1C(=O)O. The minimum Gasteiger partial charge on any atom is -0.478 e. The van der Waals surface area contributed by atoms with Crippen molar-refractivity contribution < 1.29 is 14.6 Å². The van der Waals surface area contributed by atoms with Crippen molar-refractivity contribution in [2.24, 2.45) is 0 Å². The zero-order valence-corrected chi connectivity index (χ0v) is 9.58. The number of ether oxygens (including phenoxy) is 1. The standard InChI is InChI=1S/C11H14O3S/c1-8(7-14-2)15-10-6-4-3-5-9(10)11(12)13/h3-6,8H,7H2,1-2H3,(H,12,13). The van der Waals surface area contributed by atoms with Gasteiger partial charge in [0.1, 0.15) is 0 Å². The highest BCUT2D eigenvalue weighted by molar-refractivity contribution is 8.00. The molecule has 0 aromatic heterocycles. The van der Waals surface area contributed by atoms with Crippen LogP contribution in [0, 0.1) is 0 Å². The largest absolute Gasteiger partial charge is 0.478 e. The maximum Gasteiger partial charge on any atom is 0.336 e. The molecule has 0 radical (unpaired) electrons. The van der Waals surface area contributed by atoms with E-state index in [9.17, 15) is 4.79 Å². The zero-order valence-electron chi connectivity index (χ0n) is 8.77. The van der Waals surface area contributed by atoms with Gasteiger partial charge < -0.3 is 9.84 Å². The van der Waals surface area contributed by atoms with Crippen molar-refractivity contribution in [3.8, 4) is 0 Å². The van der Waals surface area contributed by atoms with Crippen LogP contribution in [0.15, 0.2) is 29.2 Å². The molecule has 0 heterocycles. The fraction of sp³-hybridized carbons (Fsp3) is 0.364. The van der Waals surface area contributed by atoms with Gasteiger partial charge in [0.2, 0.25) is 0 Å². The molecule has 82 valence electrons. The Balaban J connectivity index is 2.79. The fourth-order valence-corrected chi connectivity index (χ4v) is 2.31. The molecule has 15 heavy (non-hydrogen) atoms. The smallest absolute Gasteiger partial charge is 0.336 e. The second-order valence-corrected chi connectivity index (χ2v) is 4.67. The summed E-state index contributed by atoms with van der Waals surface area (Å²) in [4.78, 5) is 11.7. The van der Waals surface area contributed by atoms with E-state index in [-0.39, 0.29) is 5.25 Å². The first-order valence-corrected chi connectivity index (χ1v) is 5.51. The molecule has 0 saturated heterocycles. The number of aromatic carboxylic acids is 1. The Kier molecular flexibility index (Phi) is 4.65. The summed E-state index contributed by atoms with van der Waals surface area (Å²) in [5, 5.41) is 9.21. The summed E-state index contributed by atoms with van der Waals surface area (Å²) in [7, 11) is 1.64. The highest BCUT2D eigenvalue weighted by Crippen LogP contribution is 2.26. The first kappa shape index (κ1) is 12.1. The van der Waals surface area contributed by atoms with Crippen molar-refractivity contribution >= 4 is 17.7 Å². The molecule has 1 unspecified atom stereocenters. The van der Waals surface area contributed by atoms with Gasteiger partial charge >= 0.3 is 5.97 Å². The fourth-order valence-electron chi connectivity index (χ4n) is 1.23. The lowest BCUT2D eigenvalue weighted by molar-refractivity contribution is 0.0693. The summed E-state index contributed by atoms with van der Waals surface area (Å²) in [6, 6.07) is 7.01. The number of rotatable bonds is 5. The van der Waals surface area contributed by atoms with E-state index in [4.69, 9.17) is 9.84 Å². The Morgan fingerprint density at radius 3 is 2.80 bits per heavy atom. The molecule has 1 N–H and O–H groups in total. The first-order chi connectivity index (χ1) is 7.15. The van der Waals surface area contributed by atoms with Gasteiger partial charge in [-0.2, -0.15) is 0 Å². The number of benzene rings is 1. The average molecular weight is 226 g/mol. The van der Waals surface area contributed by atoms with Crippen LogP contribution in [-0.4, -0.2) is 30.0 Å². The lowest BCUT2D eigenvalue weighted by Crippen LogP contribution is -2.07. The lowest BCUT2D eigenvalue weighted by atomic mass is 10.2. The number of hydrogen-bond donors (Lipinski definition) is 1. The molecule has 0 spiro atoms. The van der Waals surface area contributed by atoms with Gasteiger partial charge in [-0.3, -0.25) is 0 Å². The third-order valence-electron chi connectivity index (χ3n) is 1.85. The molecular weight excluding hydrogens is 212 g/mol. The molecule has 1 aromatic rings. The van der Waals surface area contributed by atoms with Crippen LogP contribution >= 0.6 is 11.8 Å². The Bertz CT molecular complexity index is 338. The molecule has 4 heteroatoms. The molecule has 0 amide bonds. The predicted octanol–water partition coefficient (Wildman–Crippen LogP) is 2.51. The second-order valence-electron chi connectivity index (χ2n) is 3.19.